The van der Waals surface area contributed by atoms with Crippen LogP contribution in [0.3, 0.4) is 0 Å². The van der Waals surface area contributed by atoms with Gasteiger partial charge in [-0.3, -0.25) is 9.59 Å². The summed E-state index contributed by atoms with van der Waals surface area (Å²) in [5.41, 5.74) is 1.21. The van der Waals surface area contributed by atoms with Gasteiger partial charge in [0.05, 0.1) is 16.9 Å². The quantitative estimate of drug-likeness (QED) is 0.917. The van der Waals surface area contributed by atoms with Gasteiger partial charge in [-0.05, 0) is 36.8 Å². The van der Waals surface area contributed by atoms with Gasteiger partial charge in [0.2, 0.25) is 11.8 Å². The molecule has 0 bridgehead atoms. The van der Waals surface area contributed by atoms with Crippen LogP contribution in [-0.4, -0.2) is 18.9 Å². The molecule has 2 unspecified atom stereocenters. The van der Waals surface area contributed by atoms with Crippen molar-refractivity contribution in [3.63, 3.8) is 0 Å². The topological polar surface area (TPSA) is 49.4 Å². The molecule has 1 fully saturated rings. The number of carbonyl (C=O) groups excluding carboxylic acids is 2. The van der Waals surface area contributed by atoms with E-state index in [9.17, 15) is 14.0 Å². The largest absolute Gasteiger partial charge is 0.326 e. The summed E-state index contributed by atoms with van der Waals surface area (Å²) in [6.07, 6.45) is 0.511. The second-order valence-corrected chi connectivity index (χ2v) is 6.21. The van der Waals surface area contributed by atoms with Gasteiger partial charge in [0.1, 0.15) is 5.82 Å². The molecule has 4 nitrogen and oxygen atoms in total. The van der Waals surface area contributed by atoms with E-state index in [-0.39, 0.29) is 28.7 Å². The van der Waals surface area contributed by atoms with Crippen LogP contribution < -0.4 is 10.2 Å². The first-order valence-corrected chi connectivity index (χ1v) is 7.93. The van der Waals surface area contributed by atoms with Crippen LogP contribution in [0.2, 0.25) is 5.02 Å². The van der Waals surface area contributed by atoms with Crippen molar-refractivity contribution in [2.75, 3.05) is 17.3 Å². The molecule has 0 aromatic heterocycles. The van der Waals surface area contributed by atoms with Crippen LogP contribution >= 0.6 is 11.6 Å². The van der Waals surface area contributed by atoms with Crippen molar-refractivity contribution in [2.45, 2.75) is 6.42 Å². The van der Waals surface area contributed by atoms with E-state index in [1.54, 1.807) is 11.9 Å². The lowest BCUT2D eigenvalue weighted by Crippen LogP contribution is -2.29. The normalized spacial score (nSPS) is 18.8. The minimum absolute atomic E-state index is 0.0555. The Labute approximate surface area is 144 Å². The van der Waals surface area contributed by atoms with Crippen LogP contribution in [0.15, 0.2) is 48.5 Å². The number of hydrogen-bond acceptors (Lipinski definition) is 2. The predicted molar refractivity (Wildman–Crippen MR) is 91.5 cm³/mol. The van der Waals surface area contributed by atoms with Gasteiger partial charge in [0.15, 0.2) is 0 Å². The third-order valence-electron chi connectivity index (χ3n) is 4.11. The molecule has 0 aliphatic heterocycles. The average molecular weight is 347 g/mol. The average Bonchev–Trinajstić information content (AvgIpc) is 3.38. The fourth-order valence-corrected chi connectivity index (χ4v) is 2.77. The van der Waals surface area contributed by atoms with Gasteiger partial charge in [-0.15, -0.1) is 0 Å². The number of hydrogen-bond donors (Lipinski definition) is 1. The first-order chi connectivity index (χ1) is 11.5. The number of halogens is 2. The van der Waals surface area contributed by atoms with Crippen molar-refractivity contribution in [1.82, 2.24) is 0 Å². The highest BCUT2D eigenvalue weighted by atomic mass is 35.5. The summed E-state index contributed by atoms with van der Waals surface area (Å²) in [4.78, 5) is 26.2. The van der Waals surface area contributed by atoms with Crippen LogP contribution in [0.4, 0.5) is 15.8 Å². The monoisotopic (exact) mass is 346 g/mol. The Kier molecular flexibility index (Phi) is 4.53. The molecule has 6 heteroatoms. The Bertz CT molecular complexity index is 782. The zero-order valence-corrected chi connectivity index (χ0v) is 13.8. The molecular formula is C18H16ClFN2O2. The number of amides is 2. The SMILES string of the molecule is CN(C(=O)C1CC1C(=O)Nc1ccc(F)c(Cl)c1)c1ccccc1. The van der Waals surface area contributed by atoms with Crippen molar-refractivity contribution in [2.24, 2.45) is 11.8 Å². The Morgan fingerprint density at radius 3 is 2.54 bits per heavy atom. The lowest BCUT2D eigenvalue weighted by Gasteiger charge is -2.17. The summed E-state index contributed by atoms with van der Waals surface area (Å²) in [6, 6.07) is 13.3. The molecule has 1 aliphatic carbocycles. The van der Waals surface area contributed by atoms with E-state index < -0.39 is 5.82 Å². The standard InChI is InChI=1S/C18H16ClFN2O2/c1-22(12-5-3-2-4-6-12)18(24)14-10-13(14)17(23)21-11-7-8-16(20)15(19)9-11/h2-9,13-14H,10H2,1H3,(H,21,23). The van der Waals surface area contributed by atoms with E-state index in [1.165, 1.54) is 18.2 Å². The van der Waals surface area contributed by atoms with Gasteiger partial charge >= 0.3 is 0 Å². The van der Waals surface area contributed by atoms with Gasteiger partial charge in [0.25, 0.3) is 0 Å². The number of nitrogens with zero attached hydrogens (tertiary/aromatic N) is 1. The van der Waals surface area contributed by atoms with Crippen LogP contribution in [0, 0.1) is 17.7 Å². The Morgan fingerprint density at radius 2 is 1.88 bits per heavy atom. The summed E-state index contributed by atoms with van der Waals surface area (Å²) < 4.78 is 13.1. The summed E-state index contributed by atoms with van der Waals surface area (Å²) >= 11 is 5.69. The van der Waals surface area contributed by atoms with E-state index in [0.717, 1.165) is 5.69 Å². The minimum atomic E-state index is -0.543. The van der Waals surface area contributed by atoms with Crippen molar-refractivity contribution in [1.29, 1.82) is 0 Å². The number of anilines is 2. The van der Waals surface area contributed by atoms with Crippen LogP contribution in [0.1, 0.15) is 6.42 Å². The Morgan fingerprint density at radius 1 is 1.17 bits per heavy atom. The van der Waals surface area contributed by atoms with Crippen molar-refractivity contribution >= 4 is 34.8 Å². The second-order valence-electron chi connectivity index (χ2n) is 5.80. The molecule has 1 aliphatic rings. The number of nitrogens with one attached hydrogen (secondary N) is 1. The molecule has 2 atom stereocenters. The third kappa shape index (κ3) is 3.41. The van der Waals surface area contributed by atoms with Gasteiger partial charge in [0, 0.05) is 18.4 Å². The van der Waals surface area contributed by atoms with Gasteiger partial charge < -0.3 is 10.2 Å². The molecule has 0 heterocycles. The number of rotatable bonds is 4. The molecule has 3 rings (SSSR count). The van der Waals surface area contributed by atoms with E-state index >= 15 is 0 Å². The van der Waals surface area contributed by atoms with Crippen LogP contribution in [0.25, 0.3) is 0 Å². The molecule has 2 amide bonds. The molecular weight excluding hydrogens is 331 g/mol. The molecule has 124 valence electrons. The Balaban J connectivity index is 1.61. The molecule has 0 saturated heterocycles. The molecule has 2 aromatic rings. The van der Waals surface area contributed by atoms with Gasteiger partial charge in [-0.25, -0.2) is 4.39 Å². The van der Waals surface area contributed by atoms with E-state index in [4.69, 9.17) is 11.6 Å². The molecule has 2 aromatic carbocycles. The highest BCUT2D eigenvalue weighted by molar-refractivity contribution is 6.31. The first kappa shape index (κ1) is 16.5. The summed E-state index contributed by atoms with van der Waals surface area (Å²) in [7, 11) is 1.70. The predicted octanol–water partition coefficient (Wildman–Crippen LogP) is 3.72. The molecule has 0 radical (unpaired) electrons. The number of carbonyl (C=O) groups is 2. The fraction of sp³-hybridized carbons (Fsp3) is 0.222. The summed E-state index contributed by atoms with van der Waals surface area (Å²) in [6.45, 7) is 0. The summed E-state index contributed by atoms with van der Waals surface area (Å²) in [5.74, 6) is -1.58. The maximum atomic E-state index is 13.1. The molecule has 0 spiro atoms. The van der Waals surface area contributed by atoms with Crippen LogP contribution in [0.5, 0.6) is 0 Å². The van der Waals surface area contributed by atoms with Gasteiger partial charge in [-0.1, -0.05) is 29.8 Å². The summed E-state index contributed by atoms with van der Waals surface area (Å²) in [5, 5.41) is 2.62. The molecule has 1 N–H and O–H groups in total. The highest BCUT2D eigenvalue weighted by Gasteiger charge is 2.49. The lowest BCUT2D eigenvalue weighted by molar-refractivity contribution is -0.123. The lowest BCUT2D eigenvalue weighted by atomic mass is 10.2. The van der Waals surface area contributed by atoms with Crippen molar-refractivity contribution in [3.8, 4) is 0 Å². The smallest absolute Gasteiger partial charge is 0.230 e. The minimum Gasteiger partial charge on any atom is -0.326 e. The third-order valence-corrected chi connectivity index (χ3v) is 4.40. The Hall–Kier alpha value is -2.40. The maximum absolute atomic E-state index is 13.1. The second kappa shape index (κ2) is 6.61. The zero-order valence-electron chi connectivity index (χ0n) is 13.0. The first-order valence-electron chi connectivity index (χ1n) is 7.56. The van der Waals surface area contributed by atoms with Crippen molar-refractivity contribution in [3.05, 3.63) is 59.4 Å². The van der Waals surface area contributed by atoms with Crippen LogP contribution in [-0.2, 0) is 9.59 Å². The zero-order chi connectivity index (χ0) is 17.3. The molecule has 24 heavy (non-hydrogen) atoms. The molecule has 1 saturated carbocycles. The maximum Gasteiger partial charge on any atom is 0.230 e. The van der Waals surface area contributed by atoms with E-state index in [1.807, 2.05) is 30.3 Å². The van der Waals surface area contributed by atoms with E-state index in [2.05, 4.69) is 5.32 Å². The fourth-order valence-electron chi connectivity index (χ4n) is 2.59. The number of benzene rings is 2. The van der Waals surface area contributed by atoms with E-state index in [0.29, 0.717) is 12.1 Å². The van der Waals surface area contributed by atoms with Gasteiger partial charge in [-0.2, -0.15) is 0 Å². The number of para-hydroxylation sites is 1. The van der Waals surface area contributed by atoms with Crippen molar-refractivity contribution < 1.29 is 14.0 Å². The highest BCUT2D eigenvalue weighted by Crippen LogP contribution is 2.41.